The zero-order valence-corrected chi connectivity index (χ0v) is 10.9. The van der Waals surface area contributed by atoms with E-state index in [4.69, 9.17) is 5.73 Å². The molecule has 92 valence electrons. The van der Waals surface area contributed by atoms with Crippen molar-refractivity contribution < 1.29 is 0 Å². The van der Waals surface area contributed by atoms with Crippen LogP contribution in [0.15, 0.2) is 18.3 Å². The van der Waals surface area contributed by atoms with Gasteiger partial charge >= 0.3 is 0 Å². The molecule has 0 aliphatic heterocycles. The summed E-state index contributed by atoms with van der Waals surface area (Å²) in [6.07, 6.45) is 2.95. The quantitative estimate of drug-likeness (QED) is 0.882. The highest BCUT2D eigenvalue weighted by atomic mass is 15.1. The Morgan fingerprint density at radius 2 is 2.06 bits per heavy atom. The van der Waals surface area contributed by atoms with Gasteiger partial charge in [-0.15, -0.1) is 0 Å². The van der Waals surface area contributed by atoms with Crippen molar-refractivity contribution in [2.75, 3.05) is 24.7 Å². The first kappa shape index (κ1) is 11.8. The molecule has 0 aliphatic rings. The number of nitrogens with zero attached hydrogens (tertiary/aromatic N) is 3. The lowest BCUT2D eigenvalue weighted by Crippen LogP contribution is -2.09. The second-order valence-electron chi connectivity index (χ2n) is 5.05. The maximum absolute atomic E-state index is 6.14. The average Bonchev–Trinajstić information content (AvgIpc) is 2.55. The van der Waals surface area contributed by atoms with Crippen molar-refractivity contribution in [2.45, 2.75) is 20.3 Å². The first-order valence-corrected chi connectivity index (χ1v) is 5.93. The highest BCUT2D eigenvalue weighted by Crippen LogP contribution is 2.21. The smallest absolute Gasteiger partial charge is 0.138 e. The number of anilines is 2. The van der Waals surface area contributed by atoms with Gasteiger partial charge in [0.05, 0.1) is 11.4 Å². The molecule has 0 aliphatic carbocycles. The van der Waals surface area contributed by atoms with Gasteiger partial charge in [0, 0.05) is 20.3 Å². The number of aromatic nitrogens is 2. The van der Waals surface area contributed by atoms with Crippen molar-refractivity contribution in [3.63, 3.8) is 0 Å². The molecule has 4 heteroatoms. The Balaban J connectivity index is 2.50. The summed E-state index contributed by atoms with van der Waals surface area (Å²) in [6, 6.07) is 4.07. The standard InChI is InChI=1S/C13H20N4/c1-9(2)7-11-13(14)17-8-10(16(3)4)5-6-12(17)15-11/h5-6,8-9H,7,14H2,1-4H3. The Labute approximate surface area is 102 Å². The minimum Gasteiger partial charge on any atom is -0.383 e. The van der Waals surface area contributed by atoms with Gasteiger partial charge in [-0.1, -0.05) is 13.8 Å². The zero-order chi connectivity index (χ0) is 12.6. The summed E-state index contributed by atoms with van der Waals surface area (Å²) < 4.78 is 1.97. The molecule has 0 spiro atoms. The molecule has 0 fully saturated rings. The summed E-state index contributed by atoms with van der Waals surface area (Å²) in [5.74, 6) is 1.33. The van der Waals surface area contributed by atoms with E-state index >= 15 is 0 Å². The highest BCUT2D eigenvalue weighted by Gasteiger charge is 2.11. The fraction of sp³-hybridized carbons (Fsp3) is 0.462. The summed E-state index contributed by atoms with van der Waals surface area (Å²) >= 11 is 0. The Kier molecular flexibility index (Phi) is 2.96. The molecule has 17 heavy (non-hydrogen) atoms. The number of rotatable bonds is 3. The SMILES string of the molecule is CC(C)Cc1nc2ccc(N(C)C)cn2c1N. The third-order valence-corrected chi connectivity index (χ3v) is 2.83. The van der Waals surface area contributed by atoms with Gasteiger partial charge in [-0.2, -0.15) is 0 Å². The van der Waals surface area contributed by atoms with E-state index in [2.05, 4.69) is 29.8 Å². The molecule has 0 saturated carbocycles. The van der Waals surface area contributed by atoms with E-state index in [1.807, 2.05) is 30.8 Å². The van der Waals surface area contributed by atoms with Gasteiger partial charge in [-0.05, 0) is 24.5 Å². The summed E-state index contributed by atoms with van der Waals surface area (Å²) in [6.45, 7) is 4.35. The van der Waals surface area contributed by atoms with Crippen molar-refractivity contribution in [2.24, 2.45) is 5.92 Å². The Bertz CT molecular complexity index is 525. The molecule has 0 radical (unpaired) electrons. The van der Waals surface area contributed by atoms with E-state index in [0.29, 0.717) is 5.92 Å². The van der Waals surface area contributed by atoms with Crippen LogP contribution in [0.1, 0.15) is 19.5 Å². The van der Waals surface area contributed by atoms with Crippen LogP contribution in [0, 0.1) is 5.92 Å². The van der Waals surface area contributed by atoms with Crippen LogP contribution in [0.25, 0.3) is 5.65 Å². The molecule has 0 bridgehead atoms. The number of imidazole rings is 1. The van der Waals surface area contributed by atoms with Crippen LogP contribution in [0.4, 0.5) is 11.5 Å². The normalized spacial score (nSPS) is 11.4. The number of hydrogen-bond acceptors (Lipinski definition) is 3. The molecule has 0 unspecified atom stereocenters. The van der Waals surface area contributed by atoms with Crippen molar-refractivity contribution in [3.8, 4) is 0 Å². The van der Waals surface area contributed by atoms with Gasteiger partial charge in [0.15, 0.2) is 0 Å². The van der Waals surface area contributed by atoms with Crippen LogP contribution in [-0.4, -0.2) is 23.5 Å². The van der Waals surface area contributed by atoms with Crippen molar-refractivity contribution in [3.05, 3.63) is 24.0 Å². The molecule has 0 atom stereocenters. The van der Waals surface area contributed by atoms with Gasteiger partial charge in [0.2, 0.25) is 0 Å². The first-order valence-electron chi connectivity index (χ1n) is 5.93. The molecule has 2 rings (SSSR count). The van der Waals surface area contributed by atoms with Crippen LogP contribution >= 0.6 is 0 Å². The maximum Gasteiger partial charge on any atom is 0.138 e. The lowest BCUT2D eigenvalue weighted by atomic mass is 10.1. The Morgan fingerprint density at radius 3 is 2.65 bits per heavy atom. The van der Waals surface area contributed by atoms with Crippen molar-refractivity contribution >= 4 is 17.2 Å². The molecular weight excluding hydrogens is 212 g/mol. The van der Waals surface area contributed by atoms with Crippen LogP contribution in [0.5, 0.6) is 0 Å². The van der Waals surface area contributed by atoms with Crippen molar-refractivity contribution in [1.29, 1.82) is 0 Å². The van der Waals surface area contributed by atoms with Gasteiger partial charge in [0.25, 0.3) is 0 Å². The van der Waals surface area contributed by atoms with Crippen molar-refractivity contribution in [1.82, 2.24) is 9.38 Å². The minimum absolute atomic E-state index is 0.565. The summed E-state index contributed by atoms with van der Waals surface area (Å²) in [4.78, 5) is 6.63. The van der Waals surface area contributed by atoms with E-state index in [0.717, 1.165) is 29.3 Å². The third kappa shape index (κ3) is 2.20. The topological polar surface area (TPSA) is 46.6 Å². The molecule has 2 heterocycles. The molecule has 0 aromatic carbocycles. The summed E-state index contributed by atoms with van der Waals surface area (Å²) in [5.41, 5.74) is 9.18. The fourth-order valence-corrected chi connectivity index (χ4v) is 1.90. The lowest BCUT2D eigenvalue weighted by Gasteiger charge is -2.12. The summed E-state index contributed by atoms with van der Waals surface area (Å²) in [5, 5.41) is 0. The summed E-state index contributed by atoms with van der Waals surface area (Å²) in [7, 11) is 4.03. The fourth-order valence-electron chi connectivity index (χ4n) is 1.90. The van der Waals surface area contributed by atoms with E-state index in [1.54, 1.807) is 0 Å². The minimum atomic E-state index is 0.565. The third-order valence-electron chi connectivity index (χ3n) is 2.83. The molecule has 4 nitrogen and oxygen atoms in total. The Hall–Kier alpha value is -1.71. The Morgan fingerprint density at radius 1 is 1.35 bits per heavy atom. The zero-order valence-electron chi connectivity index (χ0n) is 10.9. The number of nitrogens with two attached hydrogens (primary N) is 1. The van der Waals surface area contributed by atoms with E-state index in [1.165, 1.54) is 0 Å². The number of nitrogen functional groups attached to an aromatic ring is 1. The molecule has 0 saturated heterocycles. The largest absolute Gasteiger partial charge is 0.383 e. The average molecular weight is 232 g/mol. The highest BCUT2D eigenvalue weighted by molar-refractivity contribution is 5.58. The van der Waals surface area contributed by atoms with E-state index < -0.39 is 0 Å². The number of pyridine rings is 1. The van der Waals surface area contributed by atoms with Crippen LogP contribution < -0.4 is 10.6 Å². The molecule has 0 amide bonds. The first-order chi connectivity index (χ1) is 7.99. The molecular formula is C13H20N4. The van der Waals surface area contributed by atoms with E-state index in [-0.39, 0.29) is 0 Å². The number of fused-ring (bicyclic) bond motifs is 1. The van der Waals surface area contributed by atoms with E-state index in [9.17, 15) is 0 Å². The molecule has 2 aromatic heterocycles. The van der Waals surface area contributed by atoms with Gasteiger partial charge in [-0.3, -0.25) is 4.40 Å². The second kappa shape index (κ2) is 4.28. The predicted octanol–water partition coefficient (Wildman–Crippen LogP) is 2.18. The monoisotopic (exact) mass is 232 g/mol. The molecule has 2 N–H and O–H groups in total. The van der Waals surface area contributed by atoms with Crippen LogP contribution in [0.3, 0.4) is 0 Å². The van der Waals surface area contributed by atoms with Gasteiger partial charge in [0.1, 0.15) is 11.5 Å². The second-order valence-corrected chi connectivity index (χ2v) is 5.05. The molecule has 2 aromatic rings. The van der Waals surface area contributed by atoms with Crippen LogP contribution in [-0.2, 0) is 6.42 Å². The lowest BCUT2D eigenvalue weighted by molar-refractivity contribution is 0.639. The maximum atomic E-state index is 6.14. The predicted molar refractivity (Wildman–Crippen MR) is 72.5 cm³/mol. The van der Waals surface area contributed by atoms with Gasteiger partial charge in [-0.25, -0.2) is 4.98 Å². The van der Waals surface area contributed by atoms with Gasteiger partial charge < -0.3 is 10.6 Å². The van der Waals surface area contributed by atoms with Crippen LogP contribution in [0.2, 0.25) is 0 Å². The number of hydrogen-bond donors (Lipinski definition) is 1.